The van der Waals surface area contributed by atoms with E-state index in [2.05, 4.69) is 22.1 Å². The van der Waals surface area contributed by atoms with Gasteiger partial charge in [0.15, 0.2) is 0 Å². The zero-order chi connectivity index (χ0) is 19.9. The highest BCUT2D eigenvalue weighted by molar-refractivity contribution is 5.93. The number of halogens is 2. The molecule has 0 saturated heterocycles. The second kappa shape index (κ2) is 6.82. The number of H-pyrrole nitrogens is 1. The molecule has 1 amide bonds. The molecule has 3 heterocycles. The SMILES string of the molecule is C[C@@H](Cc1nnc[nH]1)c1cccc(C2C=C3C(C(C)(F)F)=CC=CN3C2=O)c1. The van der Waals surface area contributed by atoms with Crippen LogP contribution >= 0.6 is 0 Å². The van der Waals surface area contributed by atoms with Crippen molar-refractivity contribution in [2.45, 2.75) is 38.0 Å². The van der Waals surface area contributed by atoms with E-state index < -0.39 is 11.8 Å². The summed E-state index contributed by atoms with van der Waals surface area (Å²) in [6.07, 6.45) is 8.26. The molecule has 1 aromatic carbocycles. The summed E-state index contributed by atoms with van der Waals surface area (Å²) in [7, 11) is 0. The molecule has 0 fully saturated rings. The van der Waals surface area contributed by atoms with Crippen LogP contribution in [0.4, 0.5) is 8.78 Å². The molecule has 0 bridgehead atoms. The maximum absolute atomic E-state index is 14.0. The zero-order valence-corrected chi connectivity index (χ0v) is 15.6. The third-order valence-electron chi connectivity index (χ3n) is 5.14. The van der Waals surface area contributed by atoms with Crippen LogP contribution in [0.25, 0.3) is 0 Å². The Morgan fingerprint density at radius 2 is 2.18 bits per heavy atom. The largest absolute Gasteiger partial charge is 0.332 e. The molecule has 2 aliphatic rings. The average molecular weight is 382 g/mol. The van der Waals surface area contributed by atoms with Crippen molar-refractivity contribution >= 4 is 5.91 Å². The predicted molar refractivity (Wildman–Crippen MR) is 100 cm³/mol. The highest BCUT2D eigenvalue weighted by atomic mass is 19.3. The lowest BCUT2D eigenvalue weighted by Gasteiger charge is -2.25. The van der Waals surface area contributed by atoms with Crippen LogP contribution in [-0.2, 0) is 11.2 Å². The van der Waals surface area contributed by atoms with Gasteiger partial charge in [0.05, 0.1) is 11.6 Å². The van der Waals surface area contributed by atoms with E-state index in [0.717, 1.165) is 23.9 Å². The van der Waals surface area contributed by atoms with Crippen LogP contribution in [0.1, 0.15) is 42.6 Å². The van der Waals surface area contributed by atoms with Crippen molar-refractivity contribution in [3.63, 3.8) is 0 Å². The van der Waals surface area contributed by atoms with Crippen LogP contribution in [0.2, 0.25) is 0 Å². The minimum Gasteiger partial charge on any atom is -0.332 e. The number of nitrogens with one attached hydrogen (secondary N) is 1. The molecular weight excluding hydrogens is 362 g/mol. The van der Waals surface area contributed by atoms with Crippen LogP contribution in [-0.4, -0.2) is 31.9 Å². The van der Waals surface area contributed by atoms with Crippen molar-refractivity contribution in [2.24, 2.45) is 0 Å². The lowest BCUT2D eigenvalue weighted by Crippen LogP contribution is -2.29. The molecule has 2 aromatic rings. The van der Waals surface area contributed by atoms with Crippen LogP contribution in [0.3, 0.4) is 0 Å². The van der Waals surface area contributed by atoms with Gasteiger partial charge in [-0.25, -0.2) is 8.78 Å². The number of aromatic amines is 1. The molecule has 0 saturated carbocycles. The molecule has 0 aliphatic carbocycles. The number of hydrogen-bond donors (Lipinski definition) is 1. The number of nitrogens with zero attached hydrogens (tertiary/aromatic N) is 3. The molecule has 1 aromatic heterocycles. The summed E-state index contributed by atoms with van der Waals surface area (Å²) in [5.74, 6) is -2.87. The molecule has 0 spiro atoms. The van der Waals surface area contributed by atoms with Crippen LogP contribution in [0, 0.1) is 0 Å². The fraction of sp³-hybridized carbons (Fsp3) is 0.286. The lowest BCUT2D eigenvalue weighted by atomic mass is 9.91. The van der Waals surface area contributed by atoms with Gasteiger partial charge in [0.1, 0.15) is 12.2 Å². The predicted octanol–water partition coefficient (Wildman–Crippen LogP) is 4.07. The highest BCUT2D eigenvalue weighted by Gasteiger charge is 2.41. The molecule has 0 radical (unpaired) electrons. The van der Waals surface area contributed by atoms with E-state index in [4.69, 9.17) is 0 Å². The fourth-order valence-electron chi connectivity index (χ4n) is 3.67. The van der Waals surface area contributed by atoms with E-state index in [1.165, 1.54) is 17.1 Å². The quantitative estimate of drug-likeness (QED) is 0.848. The fourth-order valence-corrected chi connectivity index (χ4v) is 3.67. The number of aromatic nitrogens is 3. The van der Waals surface area contributed by atoms with Crippen LogP contribution in [0.15, 0.2) is 66.3 Å². The number of benzene rings is 1. The second-order valence-electron chi connectivity index (χ2n) is 7.26. The molecule has 1 N–H and O–H groups in total. The van der Waals surface area contributed by atoms with E-state index >= 15 is 0 Å². The molecule has 2 atom stereocenters. The first kappa shape index (κ1) is 18.3. The Labute approximate surface area is 161 Å². The van der Waals surface area contributed by atoms with E-state index in [1.54, 1.807) is 18.6 Å². The Morgan fingerprint density at radius 3 is 2.89 bits per heavy atom. The third kappa shape index (κ3) is 3.28. The first-order valence-corrected chi connectivity index (χ1v) is 9.11. The summed E-state index contributed by atoms with van der Waals surface area (Å²) < 4.78 is 27.9. The first-order valence-electron chi connectivity index (χ1n) is 9.11. The maximum atomic E-state index is 14.0. The number of hydrogen-bond acceptors (Lipinski definition) is 3. The van der Waals surface area contributed by atoms with Gasteiger partial charge >= 0.3 is 0 Å². The second-order valence-corrected chi connectivity index (χ2v) is 7.26. The average Bonchev–Trinajstić information content (AvgIpc) is 3.29. The van der Waals surface area contributed by atoms with Crippen LogP contribution < -0.4 is 0 Å². The van der Waals surface area contributed by atoms with Gasteiger partial charge in [-0.15, -0.1) is 10.2 Å². The van der Waals surface area contributed by atoms with Gasteiger partial charge in [0.25, 0.3) is 5.92 Å². The van der Waals surface area contributed by atoms with Gasteiger partial charge in [0.2, 0.25) is 5.91 Å². The molecular formula is C21H20F2N4O. The number of fused-ring (bicyclic) bond motifs is 1. The number of alkyl halides is 2. The van der Waals surface area contributed by atoms with Gasteiger partial charge in [-0.1, -0.05) is 31.2 Å². The standard InChI is InChI=1S/C21H20F2N4O/c1-13(9-19-24-12-25-26-19)14-5-3-6-15(10-14)16-11-18-17(21(2,22)23)7-4-8-27(18)20(16)28/h3-8,10-13,16H,9H2,1-2H3,(H,24,25,26)/t13-,16?/m0/s1. The Kier molecular flexibility index (Phi) is 4.45. The zero-order valence-electron chi connectivity index (χ0n) is 15.6. The van der Waals surface area contributed by atoms with Gasteiger partial charge in [-0.3, -0.25) is 9.69 Å². The highest BCUT2D eigenvalue weighted by Crippen LogP contribution is 2.41. The van der Waals surface area contributed by atoms with E-state index in [0.29, 0.717) is 6.42 Å². The van der Waals surface area contributed by atoms with Gasteiger partial charge in [-0.2, -0.15) is 0 Å². The molecule has 28 heavy (non-hydrogen) atoms. The number of carbonyl (C=O) groups is 1. The summed E-state index contributed by atoms with van der Waals surface area (Å²) in [6, 6.07) is 7.72. The Bertz CT molecular complexity index is 986. The Hall–Kier alpha value is -3.09. The molecule has 2 aliphatic heterocycles. The molecule has 1 unspecified atom stereocenters. The van der Waals surface area contributed by atoms with Crippen molar-refractivity contribution in [1.29, 1.82) is 0 Å². The summed E-state index contributed by atoms with van der Waals surface area (Å²) in [5, 5.41) is 7.80. The Balaban J connectivity index is 1.63. The van der Waals surface area contributed by atoms with E-state index in [9.17, 15) is 13.6 Å². The van der Waals surface area contributed by atoms with Crippen molar-refractivity contribution in [3.05, 3.63) is 83.2 Å². The summed E-state index contributed by atoms with van der Waals surface area (Å²) in [6.45, 7) is 2.92. The van der Waals surface area contributed by atoms with Crippen molar-refractivity contribution in [2.75, 3.05) is 0 Å². The van der Waals surface area contributed by atoms with E-state index in [-0.39, 0.29) is 23.1 Å². The summed E-state index contributed by atoms with van der Waals surface area (Å²) >= 11 is 0. The van der Waals surface area contributed by atoms with Crippen molar-refractivity contribution in [3.8, 4) is 0 Å². The monoisotopic (exact) mass is 382 g/mol. The van der Waals surface area contributed by atoms with Crippen molar-refractivity contribution < 1.29 is 13.6 Å². The topological polar surface area (TPSA) is 61.9 Å². The molecule has 4 rings (SSSR count). The van der Waals surface area contributed by atoms with Gasteiger partial charge in [-0.05, 0) is 35.3 Å². The number of carbonyl (C=O) groups excluding carboxylic acids is 1. The molecule has 7 heteroatoms. The van der Waals surface area contributed by atoms with Gasteiger partial charge in [0, 0.05) is 25.1 Å². The maximum Gasteiger partial charge on any atom is 0.272 e. The normalized spacial score (nSPS) is 20.1. The molecule has 144 valence electrons. The summed E-state index contributed by atoms with van der Waals surface area (Å²) in [4.78, 5) is 17.2. The van der Waals surface area contributed by atoms with Crippen molar-refractivity contribution in [1.82, 2.24) is 20.1 Å². The van der Waals surface area contributed by atoms with Gasteiger partial charge < -0.3 is 4.98 Å². The summed E-state index contributed by atoms with van der Waals surface area (Å²) in [5.41, 5.74) is 1.98. The lowest BCUT2D eigenvalue weighted by molar-refractivity contribution is -0.126. The van der Waals surface area contributed by atoms with Crippen LogP contribution in [0.5, 0.6) is 0 Å². The minimum absolute atomic E-state index is 0.138. The minimum atomic E-state index is -3.02. The smallest absolute Gasteiger partial charge is 0.272 e. The van der Waals surface area contributed by atoms with E-state index in [1.807, 2.05) is 24.3 Å². The first-order chi connectivity index (χ1) is 13.3. The molecule has 5 nitrogen and oxygen atoms in total. The number of allylic oxidation sites excluding steroid dienone is 3. The Morgan fingerprint density at radius 1 is 1.36 bits per heavy atom. The third-order valence-corrected chi connectivity index (χ3v) is 5.14. The number of rotatable bonds is 5. The number of amides is 1.